The van der Waals surface area contributed by atoms with E-state index in [1.54, 1.807) is 36.0 Å². The topological polar surface area (TPSA) is 226 Å². The normalized spacial score (nSPS) is 18.8. The van der Waals surface area contributed by atoms with Crippen LogP contribution in [0.25, 0.3) is 22.3 Å². The smallest absolute Gasteiger partial charge is 0.328 e. The van der Waals surface area contributed by atoms with E-state index in [1.165, 1.54) is 19.3 Å². The predicted octanol–water partition coefficient (Wildman–Crippen LogP) is 16.9. The lowest BCUT2D eigenvalue weighted by Gasteiger charge is -2.37. The van der Waals surface area contributed by atoms with Crippen LogP contribution in [0.3, 0.4) is 0 Å². The van der Waals surface area contributed by atoms with Crippen LogP contribution in [0.2, 0.25) is 0 Å². The molecule has 2 aliphatic rings. The van der Waals surface area contributed by atoms with Gasteiger partial charge >= 0.3 is 7.60 Å². The van der Waals surface area contributed by atoms with E-state index in [0.717, 1.165) is 50.1 Å². The Kier molecular flexibility index (Phi) is 26.3. The molecular weight excluding hydrogens is 1450 g/mol. The van der Waals surface area contributed by atoms with Crippen LogP contribution in [-0.4, -0.2) is 139 Å². The zero-order chi connectivity index (χ0) is 78.9. The number of methoxy groups -OCH3 is 2. The lowest BCUT2D eigenvalue weighted by atomic mass is 9.77. The van der Waals surface area contributed by atoms with Crippen molar-refractivity contribution >= 4 is 41.6 Å². The number of halogens is 2. The van der Waals surface area contributed by atoms with E-state index in [2.05, 4.69) is 138 Å². The van der Waals surface area contributed by atoms with Gasteiger partial charge in [-0.25, -0.2) is 38.7 Å². The molecule has 0 radical (unpaired) electrons. The number of aromatic nitrogens is 8. The highest BCUT2D eigenvalue weighted by Crippen LogP contribution is 2.48. The third-order valence-electron chi connectivity index (χ3n) is 20.4. The van der Waals surface area contributed by atoms with Gasteiger partial charge in [-0.3, -0.25) is 13.7 Å². The highest BCUT2D eigenvalue weighted by atomic mass is 31.2. The van der Waals surface area contributed by atoms with Gasteiger partial charge in [-0.05, 0) is 109 Å². The Morgan fingerprint density at radius 2 is 0.788 bits per heavy atom. The van der Waals surface area contributed by atoms with Gasteiger partial charge in [0.1, 0.15) is 59.6 Å². The van der Waals surface area contributed by atoms with E-state index >= 15 is 8.78 Å². The van der Waals surface area contributed by atoms with E-state index in [4.69, 9.17) is 52.4 Å². The van der Waals surface area contributed by atoms with Crippen LogP contribution in [0, 0.1) is 0 Å². The number of aliphatic hydroxyl groups is 1. The first-order valence-corrected chi connectivity index (χ1v) is 39.6. The molecule has 9 aromatic carbocycles. The lowest BCUT2D eigenvalue weighted by Crippen LogP contribution is -2.38. The van der Waals surface area contributed by atoms with E-state index in [-0.39, 0.29) is 26.4 Å². The summed E-state index contributed by atoms with van der Waals surface area (Å²) in [5, 5.41) is 17.5. The Bertz CT molecular complexity index is 4950. The molecule has 15 rings (SSSR count). The molecular formula is C89H94F2N11O10P. The average molecular weight is 1550 g/mol. The zero-order valence-corrected chi connectivity index (χ0v) is 65.2. The molecule has 4 aromatic heterocycles. The second-order valence-electron chi connectivity index (χ2n) is 28.2. The Hall–Kier alpha value is -11.0. The summed E-state index contributed by atoms with van der Waals surface area (Å²) in [4.78, 5) is 30.4. The van der Waals surface area contributed by atoms with Crippen LogP contribution in [0.15, 0.2) is 286 Å². The number of aliphatic hydroxyl groups excluding tert-OH is 1. The summed E-state index contributed by atoms with van der Waals surface area (Å²) in [5.41, 5.74) is 8.41. The molecule has 113 heavy (non-hydrogen) atoms. The van der Waals surface area contributed by atoms with E-state index < -0.39 is 74.5 Å². The standard InChI is InChI=1S/C45H43FN5O6P.C37H34FN5O4.C7H17N/c1-53-37-25-23-33(24-26-37)27-54-41-39(46)38(29-56-58(2,52)55-28-32-15-7-3-8-16-32)57-44(41)51-31-49-40-42(47-30-48-43(40)51)50-45(34-17-9-4-10-18-34,35-19-11-5-12-20-35)36-21-13-6-14-22-36;1-45-29-19-17-25(18-20-29)22-46-33-31(38)30(21-44)47-36(33)43-24-41-32-34(39-23-40-35(32)43)42-37(26-11-5-2-6-12-26,27-13-7-3-8-14-27)28-15-9-4-10-16-28;1-6(2)8(5)7(3)4/h3-26,30-31,38-39,41,44H,27-29H2,1-2H3,(H,47,48,50);2-20,23-24,30-31,33,36,44H,21-22H2,1H3,(H,39,40,42);6-7H,1-5H3/t38-,39-,41?,44-,58?;30-,31-,33?,36-;/m11./s1. The molecule has 584 valence electrons. The van der Waals surface area contributed by atoms with Crippen molar-refractivity contribution in [2.45, 2.75) is 120 Å². The molecule has 9 atom stereocenters. The van der Waals surface area contributed by atoms with Crippen molar-refractivity contribution in [2.75, 3.05) is 51.8 Å². The maximum Gasteiger partial charge on any atom is 0.328 e. The molecule has 21 nitrogen and oxygen atoms in total. The van der Waals surface area contributed by atoms with Gasteiger partial charge < -0.3 is 58.1 Å². The molecule has 0 aliphatic carbocycles. The van der Waals surface area contributed by atoms with Crippen LogP contribution in [0.4, 0.5) is 20.4 Å². The van der Waals surface area contributed by atoms with Crippen LogP contribution < -0.4 is 20.1 Å². The number of nitrogens with one attached hydrogen (secondary N) is 2. The second kappa shape index (κ2) is 37.1. The number of alkyl halides is 2. The van der Waals surface area contributed by atoms with Crippen molar-refractivity contribution in [1.82, 2.24) is 43.9 Å². The Morgan fingerprint density at radius 1 is 0.460 bits per heavy atom. The lowest BCUT2D eigenvalue weighted by molar-refractivity contribution is -0.0741. The van der Waals surface area contributed by atoms with Crippen molar-refractivity contribution < 1.29 is 55.9 Å². The summed E-state index contributed by atoms with van der Waals surface area (Å²) in [6, 6.07) is 86.3. The Labute approximate surface area is 657 Å². The van der Waals surface area contributed by atoms with Crippen molar-refractivity contribution in [1.29, 1.82) is 0 Å². The summed E-state index contributed by atoms with van der Waals surface area (Å²) >= 11 is 0. The minimum atomic E-state index is -3.60. The molecule has 3 N–H and O–H groups in total. The number of benzene rings is 9. The van der Waals surface area contributed by atoms with Gasteiger partial charge in [0.25, 0.3) is 0 Å². The van der Waals surface area contributed by atoms with Crippen LogP contribution >= 0.6 is 7.60 Å². The first kappa shape index (κ1) is 80.1. The number of ether oxygens (including phenoxy) is 6. The Balaban J connectivity index is 0.000000183. The molecule has 2 aliphatic heterocycles. The third-order valence-corrected chi connectivity index (χ3v) is 21.7. The third kappa shape index (κ3) is 18.3. The molecule has 6 heterocycles. The average Bonchev–Trinajstić information content (AvgIpc) is 1.74. The molecule has 3 unspecified atom stereocenters. The number of rotatable bonds is 29. The van der Waals surface area contributed by atoms with Gasteiger partial charge in [0.15, 0.2) is 58.8 Å². The maximum atomic E-state index is 16.6. The van der Waals surface area contributed by atoms with Crippen molar-refractivity contribution in [3.63, 3.8) is 0 Å². The molecule has 0 amide bonds. The van der Waals surface area contributed by atoms with Gasteiger partial charge in [0.05, 0.1) is 59.9 Å². The van der Waals surface area contributed by atoms with Crippen LogP contribution in [-0.2, 0) is 63.5 Å². The monoisotopic (exact) mass is 1550 g/mol. The largest absolute Gasteiger partial charge is 0.497 e. The van der Waals surface area contributed by atoms with Crippen LogP contribution in [0.5, 0.6) is 11.5 Å². The Morgan fingerprint density at radius 3 is 1.12 bits per heavy atom. The fourth-order valence-corrected chi connectivity index (χ4v) is 15.0. The van der Waals surface area contributed by atoms with Gasteiger partial charge in [0.2, 0.25) is 0 Å². The minimum Gasteiger partial charge on any atom is -0.497 e. The highest BCUT2D eigenvalue weighted by Gasteiger charge is 2.50. The van der Waals surface area contributed by atoms with Gasteiger partial charge in [-0.2, -0.15) is 0 Å². The number of imidazole rings is 2. The zero-order valence-electron chi connectivity index (χ0n) is 64.3. The second-order valence-corrected chi connectivity index (χ2v) is 30.2. The molecule has 0 bridgehead atoms. The molecule has 2 fully saturated rings. The van der Waals surface area contributed by atoms with Gasteiger partial charge in [-0.1, -0.05) is 237 Å². The number of anilines is 2. The van der Waals surface area contributed by atoms with Crippen molar-refractivity contribution in [2.24, 2.45) is 0 Å². The molecule has 0 saturated carbocycles. The maximum absolute atomic E-state index is 16.6. The fourth-order valence-electron chi connectivity index (χ4n) is 14.1. The first-order chi connectivity index (χ1) is 55.0. The summed E-state index contributed by atoms with van der Waals surface area (Å²) < 4.78 is 95.7. The summed E-state index contributed by atoms with van der Waals surface area (Å²) in [7, 11) is 1.74. The molecule has 24 heteroatoms. The number of hydrogen-bond acceptors (Lipinski definition) is 19. The summed E-state index contributed by atoms with van der Waals surface area (Å²) in [5.74, 6) is 2.33. The summed E-state index contributed by atoms with van der Waals surface area (Å²) in [6.07, 6.45) is -3.61. The number of fused-ring (bicyclic) bond motifs is 2. The SMILES string of the molecule is CC(C)N(C)C(C)C.COc1ccc(COC2[C@H](n3cnc4c(NC(c5ccccc5)(c5ccccc5)c5ccccc5)ncnc43)O[C@H](CO)[C@H]2F)cc1.COc1ccc(COC2[C@H](n3cnc4c(NC(c5ccccc5)(c5ccccc5)c5ccccc5)ncnc43)O[C@H](COP(C)(=O)OCc3ccccc3)[C@H]2F)cc1. The quantitative estimate of drug-likeness (QED) is 0.0293. The molecule has 0 spiro atoms. The molecule has 2 saturated heterocycles. The van der Waals surface area contributed by atoms with E-state index in [0.29, 0.717) is 57.5 Å². The first-order valence-electron chi connectivity index (χ1n) is 37.6. The summed E-state index contributed by atoms with van der Waals surface area (Å²) in [6.45, 7) is 9.65. The van der Waals surface area contributed by atoms with Crippen molar-refractivity contribution in [3.8, 4) is 11.5 Å². The predicted molar refractivity (Wildman–Crippen MR) is 433 cm³/mol. The number of nitrogens with zero attached hydrogens (tertiary/aromatic N) is 9. The minimum absolute atomic E-state index is 0.0760. The number of hydrogen-bond donors (Lipinski definition) is 3. The van der Waals surface area contributed by atoms with Crippen LogP contribution in [0.1, 0.15) is 90.2 Å². The van der Waals surface area contributed by atoms with E-state index in [1.807, 2.05) is 188 Å². The highest BCUT2D eigenvalue weighted by molar-refractivity contribution is 7.52. The molecule has 13 aromatic rings. The van der Waals surface area contributed by atoms with Crippen molar-refractivity contribution in [3.05, 3.63) is 336 Å². The van der Waals surface area contributed by atoms with E-state index in [9.17, 15) is 9.67 Å². The van der Waals surface area contributed by atoms with Gasteiger partial charge in [-0.15, -0.1) is 0 Å². The fraction of sp³-hybridized carbons (Fsp3) is 0.281. The van der Waals surface area contributed by atoms with Gasteiger partial charge in [0, 0.05) is 18.7 Å².